The molecule has 0 aliphatic carbocycles. The molecule has 1 rings (SSSR count). The molecule has 0 aromatic carbocycles. The Hall–Kier alpha value is -1.42. The summed E-state index contributed by atoms with van der Waals surface area (Å²) in [4.78, 5) is 18.1. The molecule has 4 nitrogen and oxygen atoms in total. The molecule has 0 fully saturated rings. The standard InChI is InChI=1S/C14H23N3O/c1-5-17(6-2)14(18)12(4)16-11(3)13-8-7-9-15-10-13/h7-12,16H,5-6H2,1-4H3/t11-,12?/m1/s1. The van der Waals surface area contributed by atoms with Gasteiger partial charge >= 0.3 is 0 Å². The second kappa shape index (κ2) is 7.11. The van der Waals surface area contributed by atoms with Crippen LogP contribution in [0.25, 0.3) is 0 Å². The number of likely N-dealkylation sites (N-methyl/N-ethyl adjacent to an activating group) is 1. The van der Waals surface area contributed by atoms with Crippen LogP contribution in [0.2, 0.25) is 0 Å². The average Bonchev–Trinajstić information content (AvgIpc) is 2.40. The van der Waals surface area contributed by atoms with Crippen molar-refractivity contribution in [2.75, 3.05) is 13.1 Å². The molecule has 4 heteroatoms. The Morgan fingerprint density at radius 1 is 1.39 bits per heavy atom. The fourth-order valence-electron chi connectivity index (χ4n) is 1.98. The zero-order chi connectivity index (χ0) is 13.5. The van der Waals surface area contributed by atoms with Crippen LogP contribution >= 0.6 is 0 Å². The Bertz CT molecular complexity index is 363. The molecule has 1 heterocycles. The van der Waals surface area contributed by atoms with Crippen LogP contribution < -0.4 is 5.32 Å². The van der Waals surface area contributed by atoms with Crippen molar-refractivity contribution >= 4 is 5.91 Å². The van der Waals surface area contributed by atoms with E-state index in [2.05, 4.69) is 10.3 Å². The molecule has 1 aromatic heterocycles. The third-order valence-corrected chi connectivity index (χ3v) is 3.13. The zero-order valence-electron chi connectivity index (χ0n) is 11.7. The number of nitrogens with zero attached hydrogens (tertiary/aromatic N) is 2. The predicted octanol–water partition coefficient (Wildman–Crippen LogP) is 1.99. The Morgan fingerprint density at radius 2 is 2.06 bits per heavy atom. The summed E-state index contributed by atoms with van der Waals surface area (Å²) in [6.07, 6.45) is 3.58. The maximum Gasteiger partial charge on any atom is 0.239 e. The molecule has 1 amide bonds. The molecule has 0 aliphatic heterocycles. The van der Waals surface area contributed by atoms with Crippen LogP contribution in [0.4, 0.5) is 0 Å². The first kappa shape index (κ1) is 14.6. The topological polar surface area (TPSA) is 45.2 Å². The highest BCUT2D eigenvalue weighted by atomic mass is 16.2. The van der Waals surface area contributed by atoms with Gasteiger partial charge in [-0.15, -0.1) is 0 Å². The van der Waals surface area contributed by atoms with Gasteiger partial charge in [0.15, 0.2) is 0 Å². The maximum atomic E-state index is 12.1. The van der Waals surface area contributed by atoms with Crippen molar-refractivity contribution in [1.29, 1.82) is 0 Å². The van der Waals surface area contributed by atoms with Crippen LogP contribution in [0.15, 0.2) is 24.5 Å². The van der Waals surface area contributed by atoms with E-state index < -0.39 is 0 Å². The normalized spacial score (nSPS) is 14.0. The van der Waals surface area contributed by atoms with E-state index in [1.54, 1.807) is 6.20 Å². The lowest BCUT2D eigenvalue weighted by Gasteiger charge is -2.26. The second-order valence-corrected chi connectivity index (χ2v) is 4.41. The van der Waals surface area contributed by atoms with Gasteiger partial charge < -0.3 is 4.90 Å². The number of amides is 1. The molecule has 0 saturated heterocycles. The fraction of sp³-hybridized carbons (Fsp3) is 0.571. The van der Waals surface area contributed by atoms with Crippen LogP contribution in [0, 0.1) is 0 Å². The van der Waals surface area contributed by atoms with Crippen molar-refractivity contribution in [2.24, 2.45) is 0 Å². The summed E-state index contributed by atoms with van der Waals surface area (Å²) in [6.45, 7) is 9.46. The van der Waals surface area contributed by atoms with Crippen molar-refractivity contribution in [3.05, 3.63) is 30.1 Å². The minimum atomic E-state index is -0.180. The van der Waals surface area contributed by atoms with Gasteiger partial charge in [0.05, 0.1) is 6.04 Å². The number of nitrogens with one attached hydrogen (secondary N) is 1. The van der Waals surface area contributed by atoms with Crippen molar-refractivity contribution in [3.8, 4) is 0 Å². The summed E-state index contributed by atoms with van der Waals surface area (Å²) in [6, 6.07) is 3.86. The molecule has 18 heavy (non-hydrogen) atoms. The molecule has 1 aromatic rings. The number of hydrogen-bond acceptors (Lipinski definition) is 3. The average molecular weight is 249 g/mol. The van der Waals surface area contributed by atoms with Gasteiger partial charge in [0.25, 0.3) is 0 Å². The zero-order valence-corrected chi connectivity index (χ0v) is 11.7. The van der Waals surface area contributed by atoms with E-state index in [4.69, 9.17) is 0 Å². The van der Waals surface area contributed by atoms with Gasteiger partial charge in [-0.3, -0.25) is 15.1 Å². The minimum absolute atomic E-state index is 0.119. The van der Waals surface area contributed by atoms with E-state index in [1.807, 2.05) is 50.9 Å². The van der Waals surface area contributed by atoms with Gasteiger partial charge in [-0.05, 0) is 39.3 Å². The van der Waals surface area contributed by atoms with Crippen LogP contribution in [-0.2, 0) is 4.79 Å². The maximum absolute atomic E-state index is 12.1. The predicted molar refractivity (Wildman–Crippen MR) is 73.2 cm³/mol. The number of aromatic nitrogens is 1. The molecule has 0 spiro atoms. The lowest BCUT2D eigenvalue weighted by molar-refractivity contribution is -0.132. The molecule has 1 unspecified atom stereocenters. The van der Waals surface area contributed by atoms with Gasteiger partial charge in [-0.25, -0.2) is 0 Å². The highest BCUT2D eigenvalue weighted by molar-refractivity contribution is 5.81. The fourth-order valence-corrected chi connectivity index (χ4v) is 1.98. The second-order valence-electron chi connectivity index (χ2n) is 4.41. The van der Waals surface area contributed by atoms with Crippen LogP contribution in [0.3, 0.4) is 0 Å². The first-order valence-corrected chi connectivity index (χ1v) is 6.54. The van der Waals surface area contributed by atoms with E-state index in [1.165, 1.54) is 0 Å². The Morgan fingerprint density at radius 3 is 2.56 bits per heavy atom. The van der Waals surface area contributed by atoms with Crippen LogP contribution in [0.5, 0.6) is 0 Å². The molecule has 0 aliphatic rings. The summed E-state index contributed by atoms with van der Waals surface area (Å²) in [7, 11) is 0. The van der Waals surface area contributed by atoms with Crippen LogP contribution in [0.1, 0.15) is 39.3 Å². The third-order valence-electron chi connectivity index (χ3n) is 3.13. The number of rotatable bonds is 6. The lowest BCUT2D eigenvalue weighted by Crippen LogP contribution is -2.45. The molecular weight excluding hydrogens is 226 g/mol. The largest absolute Gasteiger partial charge is 0.342 e. The Balaban J connectivity index is 2.59. The summed E-state index contributed by atoms with van der Waals surface area (Å²) >= 11 is 0. The minimum Gasteiger partial charge on any atom is -0.342 e. The molecule has 0 radical (unpaired) electrons. The first-order valence-electron chi connectivity index (χ1n) is 6.54. The van der Waals surface area contributed by atoms with Crippen molar-refractivity contribution < 1.29 is 4.79 Å². The smallest absolute Gasteiger partial charge is 0.239 e. The molecular formula is C14H23N3O. The third kappa shape index (κ3) is 3.81. The number of hydrogen-bond donors (Lipinski definition) is 1. The lowest BCUT2D eigenvalue weighted by atomic mass is 10.1. The number of pyridine rings is 1. The molecule has 1 N–H and O–H groups in total. The van der Waals surface area contributed by atoms with Crippen molar-refractivity contribution in [2.45, 2.75) is 39.8 Å². The van der Waals surface area contributed by atoms with Gasteiger partial charge in [-0.1, -0.05) is 6.07 Å². The summed E-state index contributed by atoms with van der Waals surface area (Å²) in [5, 5.41) is 3.31. The van der Waals surface area contributed by atoms with E-state index in [-0.39, 0.29) is 18.0 Å². The first-order chi connectivity index (χ1) is 8.60. The van der Waals surface area contributed by atoms with Crippen LogP contribution in [-0.4, -0.2) is 34.9 Å². The number of carbonyl (C=O) groups excluding carboxylic acids is 1. The summed E-state index contributed by atoms with van der Waals surface area (Å²) in [5.41, 5.74) is 1.09. The Kier molecular flexibility index (Phi) is 5.78. The number of carbonyl (C=O) groups is 1. The highest BCUT2D eigenvalue weighted by Gasteiger charge is 2.19. The van der Waals surface area contributed by atoms with Crippen molar-refractivity contribution in [3.63, 3.8) is 0 Å². The quantitative estimate of drug-likeness (QED) is 0.838. The molecule has 100 valence electrons. The molecule has 0 saturated carbocycles. The van der Waals surface area contributed by atoms with Crippen molar-refractivity contribution in [1.82, 2.24) is 15.2 Å². The Labute approximate surface area is 109 Å². The molecule has 0 bridgehead atoms. The van der Waals surface area contributed by atoms with E-state index in [0.717, 1.165) is 18.7 Å². The van der Waals surface area contributed by atoms with Gasteiger partial charge in [0.1, 0.15) is 0 Å². The summed E-state index contributed by atoms with van der Waals surface area (Å²) in [5.74, 6) is 0.149. The molecule has 2 atom stereocenters. The monoisotopic (exact) mass is 249 g/mol. The van der Waals surface area contributed by atoms with Gasteiger partial charge in [0.2, 0.25) is 5.91 Å². The van der Waals surface area contributed by atoms with E-state index >= 15 is 0 Å². The summed E-state index contributed by atoms with van der Waals surface area (Å²) < 4.78 is 0. The van der Waals surface area contributed by atoms with Gasteiger partial charge in [0, 0.05) is 31.5 Å². The van der Waals surface area contributed by atoms with E-state index in [9.17, 15) is 4.79 Å². The van der Waals surface area contributed by atoms with E-state index in [0.29, 0.717) is 0 Å². The van der Waals surface area contributed by atoms with Gasteiger partial charge in [-0.2, -0.15) is 0 Å². The highest BCUT2D eigenvalue weighted by Crippen LogP contribution is 2.11. The SMILES string of the molecule is CCN(CC)C(=O)C(C)N[C@H](C)c1cccnc1.